The molecule has 4 rings (SSSR count). The summed E-state index contributed by atoms with van der Waals surface area (Å²) >= 11 is 6.03. The van der Waals surface area contributed by atoms with Gasteiger partial charge in [-0.15, -0.1) is 4.68 Å². The van der Waals surface area contributed by atoms with Gasteiger partial charge in [-0.2, -0.15) is 5.10 Å². The van der Waals surface area contributed by atoms with E-state index in [1.807, 2.05) is 0 Å². The van der Waals surface area contributed by atoms with Gasteiger partial charge in [0.25, 0.3) is 11.2 Å². The summed E-state index contributed by atoms with van der Waals surface area (Å²) in [5, 5.41) is 26.7. The van der Waals surface area contributed by atoms with E-state index in [1.165, 1.54) is 30.3 Å². The number of para-hydroxylation sites is 1. The van der Waals surface area contributed by atoms with Crippen molar-refractivity contribution in [2.24, 2.45) is 5.10 Å². The Kier molecular flexibility index (Phi) is 6.38. The molecule has 0 aliphatic heterocycles. The molecule has 0 unspecified atom stereocenters. The quantitative estimate of drug-likeness (QED) is 0.232. The van der Waals surface area contributed by atoms with Crippen molar-refractivity contribution in [1.29, 1.82) is 0 Å². The Labute approximate surface area is 200 Å². The number of nitrogens with one attached hydrogen (secondary N) is 1. The minimum Gasteiger partial charge on any atom is -0.481 e. The molecule has 0 saturated heterocycles. The first-order valence-electron chi connectivity index (χ1n) is 9.87. The maximum atomic E-state index is 12.7. The summed E-state index contributed by atoms with van der Waals surface area (Å²) in [6, 6.07) is 14.3. The van der Waals surface area contributed by atoms with E-state index < -0.39 is 26.8 Å². The number of nitrogens with zero attached hydrogens (tertiary/aromatic N) is 4. The number of non-ortho nitro benzene ring substituents is 1. The highest BCUT2D eigenvalue weighted by Crippen LogP contribution is 2.34. The third kappa shape index (κ3) is 4.91. The van der Waals surface area contributed by atoms with E-state index in [0.717, 1.165) is 12.3 Å². The third-order valence-electron chi connectivity index (χ3n) is 4.86. The molecule has 0 aliphatic rings. The van der Waals surface area contributed by atoms with Crippen molar-refractivity contribution in [3.8, 4) is 5.75 Å². The summed E-state index contributed by atoms with van der Waals surface area (Å²) in [4.78, 5) is 48.9. The van der Waals surface area contributed by atoms with E-state index in [1.54, 1.807) is 24.3 Å². The molecule has 12 nitrogen and oxygen atoms in total. The van der Waals surface area contributed by atoms with Crippen molar-refractivity contribution in [2.45, 2.75) is 6.61 Å². The lowest BCUT2D eigenvalue weighted by atomic mass is 10.1. The van der Waals surface area contributed by atoms with E-state index in [4.69, 9.17) is 16.3 Å². The van der Waals surface area contributed by atoms with Gasteiger partial charge in [0.1, 0.15) is 6.61 Å². The monoisotopic (exact) mass is 495 g/mol. The number of hydrogen-bond donors (Lipinski definition) is 1. The SMILES string of the molecule is O=c1[nH]c2ccccc2c(=O)n1N=Cc1cc(Cl)cc([N+](=O)[O-])c1OCc1cccc([N+](=O)[O-])c1. The Morgan fingerprint density at radius 3 is 2.54 bits per heavy atom. The molecule has 3 aromatic carbocycles. The number of fused-ring (bicyclic) bond motifs is 1. The molecule has 13 heteroatoms. The number of H-pyrrole nitrogens is 1. The zero-order valence-electron chi connectivity index (χ0n) is 17.6. The van der Waals surface area contributed by atoms with Gasteiger partial charge in [-0.25, -0.2) is 4.79 Å². The molecule has 176 valence electrons. The molecule has 0 aliphatic carbocycles. The first-order valence-corrected chi connectivity index (χ1v) is 10.2. The summed E-state index contributed by atoms with van der Waals surface area (Å²) in [5.74, 6) is -0.250. The van der Waals surface area contributed by atoms with Gasteiger partial charge in [0.15, 0.2) is 0 Å². The van der Waals surface area contributed by atoms with Crippen LogP contribution in [0.25, 0.3) is 10.9 Å². The molecule has 0 fully saturated rings. The van der Waals surface area contributed by atoms with Crippen LogP contribution in [0.15, 0.2) is 75.4 Å². The number of benzene rings is 3. The Morgan fingerprint density at radius 1 is 1.03 bits per heavy atom. The third-order valence-corrected chi connectivity index (χ3v) is 5.08. The largest absolute Gasteiger partial charge is 0.481 e. The highest BCUT2D eigenvalue weighted by molar-refractivity contribution is 6.31. The van der Waals surface area contributed by atoms with E-state index in [9.17, 15) is 29.8 Å². The van der Waals surface area contributed by atoms with Gasteiger partial charge in [-0.05, 0) is 23.8 Å². The van der Waals surface area contributed by atoms with Crippen LogP contribution < -0.4 is 16.0 Å². The number of nitro benzene ring substituents is 2. The number of aromatic amines is 1. The molecule has 1 aromatic heterocycles. The lowest BCUT2D eigenvalue weighted by molar-refractivity contribution is -0.386. The normalized spacial score (nSPS) is 11.1. The van der Waals surface area contributed by atoms with E-state index in [2.05, 4.69) is 10.1 Å². The topological polar surface area (TPSA) is 163 Å². The van der Waals surface area contributed by atoms with Crippen LogP contribution >= 0.6 is 11.6 Å². The second-order valence-corrected chi connectivity index (χ2v) is 7.59. The van der Waals surface area contributed by atoms with E-state index in [0.29, 0.717) is 15.8 Å². The first-order chi connectivity index (χ1) is 16.7. The average Bonchev–Trinajstić information content (AvgIpc) is 2.83. The zero-order chi connectivity index (χ0) is 25.1. The van der Waals surface area contributed by atoms with Gasteiger partial charge in [0.05, 0.1) is 27.0 Å². The lowest BCUT2D eigenvalue weighted by Gasteiger charge is -2.10. The minimum absolute atomic E-state index is 0.00842. The predicted octanol–water partition coefficient (Wildman–Crippen LogP) is 3.62. The highest BCUT2D eigenvalue weighted by Gasteiger charge is 2.21. The second kappa shape index (κ2) is 9.57. The van der Waals surface area contributed by atoms with Crippen molar-refractivity contribution in [1.82, 2.24) is 9.66 Å². The van der Waals surface area contributed by atoms with Crippen LogP contribution in [0.1, 0.15) is 11.1 Å². The van der Waals surface area contributed by atoms with Gasteiger partial charge >= 0.3 is 11.4 Å². The number of halogens is 1. The van der Waals surface area contributed by atoms with Crippen molar-refractivity contribution in [3.63, 3.8) is 0 Å². The average molecular weight is 496 g/mol. The molecule has 4 aromatic rings. The molecule has 0 bridgehead atoms. The Hall–Kier alpha value is -4.84. The maximum absolute atomic E-state index is 12.7. The van der Waals surface area contributed by atoms with Gasteiger partial charge in [0, 0.05) is 28.8 Å². The van der Waals surface area contributed by atoms with Crippen molar-refractivity contribution in [2.75, 3.05) is 0 Å². The van der Waals surface area contributed by atoms with Crippen molar-refractivity contribution < 1.29 is 14.6 Å². The molecule has 0 radical (unpaired) electrons. The summed E-state index contributed by atoms with van der Waals surface area (Å²) in [6.07, 6.45) is 1.03. The molecular formula is C22H14ClN5O7. The molecule has 0 saturated carbocycles. The number of nitro groups is 2. The fourth-order valence-electron chi connectivity index (χ4n) is 3.28. The standard InChI is InChI=1S/C22H14ClN5O7/c23-15-9-14(11-24-26-21(29)17-6-1-2-7-18(17)25-22(26)30)20(19(10-15)28(33)34)35-12-13-4-3-5-16(8-13)27(31)32/h1-11H,12H2,(H,25,30). The van der Waals surface area contributed by atoms with Crippen LogP contribution in [-0.4, -0.2) is 25.7 Å². The molecular weight excluding hydrogens is 482 g/mol. The fraction of sp³-hybridized carbons (Fsp3) is 0.0455. The molecule has 0 atom stereocenters. The first kappa shape index (κ1) is 23.3. The molecule has 0 spiro atoms. The Balaban J connectivity index is 1.76. The zero-order valence-corrected chi connectivity index (χ0v) is 18.3. The number of hydrogen-bond acceptors (Lipinski definition) is 8. The highest BCUT2D eigenvalue weighted by atomic mass is 35.5. The van der Waals surface area contributed by atoms with Gasteiger partial charge in [0.2, 0.25) is 5.75 Å². The molecule has 0 amide bonds. The fourth-order valence-corrected chi connectivity index (χ4v) is 3.50. The van der Waals surface area contributed by atoms with Crippen molar-refractivity contribution in [3.05, 3.63) is 118 Å². The van der Waals surface area contributed by atoms with Crippen LogP contribution in [0.4, 0.5) is 11.4 Å². The summed E-state index contributed by atoms with van der Waals surface area (Å²) < 4.78 is 6.21. The summed E-state index contributed by atoms with van der Waals surface area (Å²) in [7, 11) is 0. The maximum Gasteiger partial charge on any atom is 0.349 e. The van der Waals surface area contributed by atoms with Crippen LogP contribution in [-0.2, 0) is 6.61 Å². The van der Waals surface area contributed by atoms with Gasteiger partial charge < -0.3 is 9.72 Å². The van der Waals surface area contributed by atoms with Gasteiger partial charge in [-0.1, -0.05) is 35.9 Å². The van der Waals surface area contributed by atoms with Crippen LogP contribution in [0, 0.1) is 20.2 Å². The van der Waals surface area contributed by atoms with E-state index >= 15 is 0 Å². The Morgan fingerprint density at radius 2 is 1.80 bits per heavy atom. The number of ether oxygens (including phenoxy) is 1. The van der Waals surface area contributed by atoms with Crippen LogP contribution in [0.2, 0.25) is 5.02 Å². The predicted molar refractivity (Wildman–Crippen MR) is 127 cm³/mol. The molecule has 35 heavy (non-hydrogen) atoms. The van der Waals surface area contributed by atoms with E-state index in [-0.39, 0.29) is 34.0 Å². The Bertz CT molecular complexity index is 1630. The summed E-state index contributed by atoms with van der Waals surface area (Å²) in [5.41, 5.74) is -1.47. The molecule has 1 N–H and O–H groups in total. The molecule has 1 heterocycles. The van der Waals surface area contributed by atoms with Crippen molar-refractivity contribution >= 4 is 40.1 Å². The smallest absolute Gasteiger partial charge is 0.349 e. The van der Waals surface area contributed by atoms with Gasteiger partial charge in [-0.3, -0.25) is 25.0 Å². The lowest BCUT2D eigenvalue weighted by Crippen LogP contribution is -2.32. The second-order valence-electron chi connectivity index (χ2n) is 7.15. The summed E-state index contributed by atoms with van der Waals surface area (Å²) in [6.45, 7) is -0.249. The van der Waals surface area contributed by atoms with Crippen LogP contribution in [0.5, 0.6) is 5.75 Å². The number of rotatable bonds is 7. The minimum atomic E-state index is -0.819. The van der Waals surface area contributed by atoms with Crippen LogP contribution in [0.3, 0.4) is 0 Å². The number of aromatic nitrogens is 2.